The van der Waals surface area contributed by atoms with Gasteiger partial charge in [0.05, 0.1) is 5.69 Å². The van der Waals surface area contributed by atoms with Crippen molar-refractivity contribution in [3.05, 3.63) is 36.5 Å². The van der Waals surface area contributed by atoms with Gasteiger partial charge < -0.3 is 0 Å². The molecule has 0 amide bonds. The van der Waals surface area contributed by atoms with Gasteiger partial charge in [-0.15, -0.1) is 11.8 Å². The summed E-state index contributed by atoms with van der Waals surface area (Å²) in [6.45, 7) is 4.40. The summed E-state index contributed by atoms with van der Waals surface area (Å²) in [7, 11) is 0. The third-order valence-electron chi connectivity index (χ3n) is 2.04. The summed E-state index contributed by atoms with van der Waals surface area (Å²) in [6.07, 6.45) is 1.77. The maximum atomic E-state index is 3.94. The number of H-pyrrole nitrogens is 1. The highest BCUT2D eigenvalue weighted by Crippen LogP contribution is 2.25. The first-order chi connectivity index (χ1) is 7.25. The van der Waals surface area contributed by atoms with Crippen molar-refractivity contribution in [3.8, 4) is 11.3 Å². The van der Waals surface area contributed by atoms with Crippen LogP contribution in [0.3, 0.4) is 0 Å². The molecule has 1 aromatic heterocycles. The first-order valence-electron chi connectivity index (χ1n) is 5.02. The second-order valence-corrected chi connectivity index (χ2v) is 5.31. The lowest BCUT2D eigenvalue weighted by Gasteiger charge is -2.05. The summed E-state index contributed by atoms with van der Waals surface area (Å²) >= 11 is 1.88. The van der Waals surface area contributed by atoms with Crippen LogP contribution in [0.4, 0.5) is 0 Å². The Morgan fingerprint density at radius 2 is 1.87 bits per heavy atom. The lowest BCUT2D eigenvalue weighted by molar-refractivity contribution is 1.09. The molecule has 2 rings (SSSR count). The van der Waals surface area contributed by atoms with E-state index in [1.165, 1.54) is 10.5 Å². The zero-order valence-corrected chi connectivity index (χ0v) is 9.71. The number of aromatic amines is 1. The Bertz CT molecular complexity index is 404. The molecule has 0 fully saturated rings. The number of aromatic nitrogens is 2. The van der Waals surface area contributed by atoms with Gasteiger partial charge in [-0.2, -0.15) is 5.10 Å². The predicted molar refractivity (Wildman–Crippen MR) is 65.0 cm³/mol. The van der Waals surface area contributed by atoms with Crippen LogP contribution in [-0.2, 0) is 0 Å². The van der Waals surface area contributed by atoms with Crippen molar-refractivity contribution < 1.29 is 0 Å². The number of nitrogens with one attached hydrogen (secondary N) is 1. The average molecular weight is 218 g/mol. The number of thioether (sulfide) groups is 1. The van der Waals surface area contributed by atoms with Gasteiger partial charge in [0.25, 0.3) is 0 Å². The largest absolute Gasteiger partial charge is 0.278 e. The highest BCUT2D eigenvalue weighted by atomic mass is 32.2. The highest BCUT2D eigenvalue weighted by Gasteiger charge is 2.00. The van der Waals surface area contributed by atoms with Gasteiger partial charge in [0, 0.05) is 16.3 Å². The molecule has 1 heterocycles. The fraction of sp³-hybridized carbons (Fsp3) is 0.250. The summed E-state index contributed by atoms with van der Waals surface area (Å²) < 4.78 is 0. The van der Waals surface area contributed by atoms with E-state index in [2.05, 4.69) is 48.3 Å². The molecule has 0 radical (unpaired) electrons. The maximum Gasteiger partial charge on any atom is 0.0650 e. The van der Waals surface area contributed by atoms with Crippen LogP contribution in [0.25, 0.3) is 11.3 Å². The van der Waals surface area contributed by atoms with Crippen LogP contribution in [-0.4, -0.2) is 15.4 Å². The zero-order chi connectivity index (χ0) is 10.7. The van der Waals surface area contributed by atoms with Gasteiger partial charge in [-0.3, -0.25) is 5.10 Å². The molecule has 0 unspecified atom stereocenters. The summed E-state index contributed by atoms with van der Waals surface area (Å²) in [5.74, 6) is 0. The highest BCUT2D eigenvalue weighted by molar-refractivity contribution is 7.99. The lowest BCUT2D eigenvalue weighted by Crippen LogP contribution is -1.85. The molecule has 78 valence electrons. The van der Waals surface area contributed by atoms with E-state index in [1.807, 2.05) is 17.8 Å². The Balaban J connectivity index is 2.17. The van der Waals surface area contributed by atoms with Gasteiger partial charge in [-0.05, 0) is 23.8 Å². The molecular weight excluding hydrogens is 204 g/mol. The Hall–Kier alpha value is -1.22. The molecule has 0 saturated carbocycles. The van der Waals surface area contributed by atoms with Crippen LogP contribution in [0.1, 0.15) is 13.8 Å². The molecule has 0 aliphatic carbocycles. The summed E-state index contributed by atoms with van der Waals surface area (Å²) in [6, 6.07) is 10.5. The molecule has 0 saturated heterocycles. The van der Waals surface area contributed by atoms with E-state index in [0.717, 1.165) is 5.69 Å². The van der Waals surface area contributed by atoms with E-state index in [4.69, 9.17) is 0 Å². The van der Waals surface area contributed by atoms with Crippen molar-refractivity contribution in [2.24, 2.45) is 0 Å². The number of hydrogen-bond acceptors (Lipinski definition) is 2. The van der Waals surface area contributed by atoms with Gasteiger partial charge in [0.1, 0.15) is 0 Å². The Morgan fingerprint density at radius 1 is 1.13 bits per heavy atom. The molecule has 2 aromatic rings. The van der Waals surface area contributed by atoms with Crippen molar-refractivity contribution >= 4 is 11.8 Å². The van der Waals surface area contributed by atoms with Crippen molar-refractivity contribution in [1.29, 1.82) is 0 Å². The van der Waals surface area contributed by atoms with Crippen LogP contribution in [0.5, 0.6) is 0 Å². The minimum atomic E-state index is 0.628. The van der Waals surface area contributed by atoms with Gasteiger partial charge in [-0.1, -0.05) is 26.0 Å². The number of hydrogen-bond donors (Lipinski definition) is 1. The quantitative estimate of drug-likeness (QED) is 0.798. The summed E-state index contributed by atoms with van der Waals surface area (Å²) in [5, 5.41) is 7.52. The monoisotopic (exact) mass is 218 g/mol. The molecule has 2 nitrogen and oxygen atoms in total. The normalized spacial score (nSPS) is 10.9. The molecule has 15 heavy (non-hydrogen) atoms. The van der Waals surface area contributed by atoms with E-state index in [-0.39, 0.29) is 0 Å². The standard InChI is InChI=1S/C12H14N2S/c1-9(2)15-11-5-3-10(4-6-11)12-7-8-13-14-12/h3-9H,1-2H3,(H,13,14). The molecule has 0 atom stereocenters. The van der Waals surface area contributed by atoms with E-state index in [1.54, 1.807) is 6.20 Å². The van der Waals surface area contributed by atoms with Crippen molar-refractivity contribution in [2.45, 2.75) is 24.0 Å². The molecule has 1 N–H and O–H groups in total. The lowest BCUT2D eigenvalue weighted by atomic mass is 10.2. The molecule has 1 aromatic carbocycles. The van der Waals surface area contributed by atoms with Crippen LogP contribution in [0, 0.1) is 0 Å². The maximum absolute atomic E-state index is 3.94. The molecule has 0 aliphatic heterocycles. The first-order valence-corrected chi connectivity index (χ1v) is 5.90. The topological polar surface area (TPSA) is 28.7 Å². The molecule has 0 aliphatic rings. The second-order valence-electron chi connectivity index (χ2n) is 3.66. The molecular formula is C12H14N2S. The van der Waals surface area contributed by atoms with Crippen LogP contribution >= 0.6 is 11.8 Å². The Kier molecular flexibility index (Phi) is 3.11. The fourth-order valence-electron chi connectivity index (χ4n) is 1.40. The number of benzene rings is 1. The smallest absolute Gasteiger partial charge is 0.0650 e. The van der Waals surface area contributed by atoms with E-state index >= 15 is 0 Å². The van der Waals surface area contributed by atoms with Crippen molar-refractivity contribution in [2.75, 3.05) is 0 Å². The van der Waals surface area contributed by atoms with Gasteiger partial charge in [0.2, 0.25) is 0 Å². The summed E-state index contributed by atoms with van der Waals surface area (Å²) in [5.41, 5.74) is 2.25. The zero-order valence-electron chi connectivity index (χ0n) is 8.90. The first kappa shape index (κ1) is 10.3. The van der Waals surface area contributed by atoms with E-state index in [0.29, 0.717) is 5.25 Å². The van der Waals surface area contributed by atoms with Gasteiger partial charge in [-0.25, -0.2) is 0 Å². The Morgan fingerprint density at radius 3 is 2.40 bits per heavy atom. The number of rotatable bonds is 3. The third-order valence-corrected chi connectivity index (χ3v) is 3.05. The average Bonchev–Trinajstić information content (AvgIpc) is 2.71. The predicted octanol–water partition coefficient (Wildman–Crippen LogP) is 3.58. The molecule has 3 heteroatoms. The van der Waals surface area contributed by atoms with Crippen molar-refractivity contribution in [3.63, 3.8) is 0 Å². The molecule has 0 spiro atoms. The number of nitrogens with zero attached hydrogens (tertiary/aromatic N) is 1. The minimum Gasteiger partial charge on any atom is -0.278 e. The molecule has 0 bridgehead atoms. The third kappa shape index (κ3) is 2.63. The van der Waals surface area contributed by atoms with Gasteiger partial charge >= 0.3 is 0 Å². The van der Waals surface area contributed by atoms with Gasteiger partial charge in [0.15, 0.2) is 0 Å². The van der Waals surface area contributed by atoms with Crippen LogP contribution in [0.2, 0.25) is 0 Å². The Labute approximate surface area is 94.1 Å². The van der Waals surface area contributed by atoms with Crippen LogP contribution in [0.15, 0.2) is 41.4 Å². The van der Waals surface area contributed by atoms with Crippen molar-refractivity contribution in [1.82, 2.24) is 10.2 Å². The fourth-order valence-corrected chi connectivity index (χ4v) is 2.24. The SMILES string of the molecule is CC(C)Sc1ccc(-c2ccn[nH]2)cc1. The van der Waals surface area contributed by atoms with Crippen LogP contribution < -0.4 is 0 Å². The summed E-state index contributed by atoms with van der Waals surface area (Å²) in [4.78, 5) is 1.31. The minimum absolute atomic E-state index is 0.628. The van der Waals surface area contributed by atoms with E-state index in [9.17, 15) is 0 Å². The van der Waals surface area contributed by atoms with E-state index < -0.39 is 0 Å². The second kappa shape index (κ2) is 4.53.